The molecule has 0 aromatic heterocycles. The van der Waals surface area contributed by atoms with E-state index in [2.05, 4.69) is 0 Å². The number of piperidine rings is 1. The number of likely N-dealkylation sites (tertiary alicyclic amines) is 1. The zero-order valence-corrected chi connectivity index (χ0v) is 15.2. The van der Waals surface area contributed by atoms with E-state index < -0.39 is 12.1 Å². The van der Waals surface area contributed by atoms with Gasteiger partial charge in [-0.3, -0.25) is 9.59 Å². The van der Waals surface area contributed by atoms with Gasteiger partial charge in [-0.05, 0) is 30.9 Å². The van der Waals surface area contributed by atoms with E-state index in [0.29, 0.717) is 19.7 Å². The molecule has 0 radical (unpaired) electrons. The first-order valence-electron chi connectivity index (χ1n) is 9.09. The lowest BCUT2D eigenvalue weighted by atomic mass is 9.94. The van der Waals surface area contributed by atoms with Crippen molar-refractivity contribution in [3.05, 3.63) is 35.4 Å². The van der Waals surface area contributed by atoms with E-state index in [1.54, 1.807) is 4.90 Å². The van der Waals surface area contributed by atoms with Crippen LogP contribution >= 0.6 is 0 Å². The Balaban J connectivity index is 1.58. The van der Waals surface area contributed by atoms with Crippen LogP contribution in [0.1, 0.15) is 30.1 Å². The maximum Gasteiger partial charge on any atom is 0.471 e. The third-order valence-electron chi connectivity index (χ3n) is 5.29. The maximum absolute atomic E-state index is 12.8. The smallest absolute Gasteiger partial charge is 0.370 e. The van der Waals surface area contributed by atoms with Crippen LogP contribution in [0.4, 0.5) is 13.2 Å². The number of amides is 2. The number of alkyl halides is 3. The highest BCUT2D eigenvalue weighted by Gasteiger charge is 2.44. The number of carbonyl (C=O) groups is 2. The number of benzene rings is 1. The second-order valence-corrected chi connectivity index (χ2v) is 7.06. The molecular weight excluding hydrogens is 361 g/mol. The molecule has 1 aromatic carbocycles. The Morgan fingerprint density at radius 1 is 1.07 bits per heavy atom. The molecule has 0 spiro atoms. The summed E-state index contributed by atoms with van der Waals surface area (Å²) in [6.07, 6.45) is -4.54. The second-order valence-electron chi connectivity index (χ2n) is 7.06. The van der Waals surface area contributed by atoms with E-state index in [9.17, 15) is 22.8 Å². The molecule has 2 aliphatic rings. The van der Waals surface area contributed by atoms with Crippen molar-refractivity contribution in [2.75, 3.05) is 32.8 Å². The van der Waals surface area contributed by atoms with Gasteiger partial charge in [0.2, 0.25) is 5.91 Å². The Kier molecular flexibility index (Phi) is 5.74. The van der Waals surface area contributed by atoms with Gasteiger partial charge in [-0.15, -0.1) is 0 Å². The molecule has 2 aliphatic heterocycles. The van der Waals surface area contributed by atoms with Crippen molar-refractivity contribution in [3.8, 4) is 0 Å². The molecule has 1 atom stereocenters. The molecule has 5 nitrogen and oxygen atoms in total. The fourth-order valence-corrected chi connectivity index (χ4v) is 3.75. The van der Waals surface area contributed by atoms with Gasteiger partial charge in [-0.2, -0.15) is 13.2 Å². The molecular formula is C19H23F3N2O3. The zero-order chi connectivity index (χ0) is 19.6. The van der Waals surface area contributed by atoms with Crippen LogP contribution in [-0.4, -0.2) is 60.6 Å². The molecule has 0 saturated carbocycles. The summed E-state index contributed by atoms with van der Waals surface area (Å²) in [5.74, 6) is -2.23. The molecule has 0 aliphatic carbocycles. The van der Waals surface area contributed by atoms with Crippen LogP contribution in [-0.2, 0) is 14.3 Å². The van der Waals surface area contributed by atoms with Crippen molar-refractivity contribution in [3.63, 3.8) is 0 Å². The normalized spacial score (nSPS) is 22.0. The molecule has 2 fully saturated rings. The van der Waals surface area contributed by atoms with E-state index >= 15 is 0 Å². The summed E-state index contributed by atoms with van der Waals surface area (Å²) in [5.41, 5.74) is 2.14. The van der Waals surface area contributed by atoms with Crippen LogP contribution < -0.4 is 0 Å². The number of hydrogen-bond donors (Lipinski definition) is 0. The van der Waals surface area contributed by atoms with Gasteiger partial charge < -0.3 is 14.5 Å². The molecule has 1 unspecified atom stereocenters. The van der Waals surface area contributed by atoms with Gasteiger partial charge in [0.1, 0.15) is 6.10 Å². The van der Waals surface area contributed by atoms with Crippen molar-refractivity contribution in [1.82, 2.24) is 9.80 Å². The standard InChI is InChI=1S/C19H23F3N2O3/c1-13-4-2-3-5-15(13)16-12-24(10-11-27-16)17(25)14-6-8-23(9-7-14)18(26)19(20,21)22/h2-5,14,16H,6-12H2,1H3. The molecule has 2 saturated heterocycles. The lowest BCUT2D eigenvalue weighted by Gasteiger charge is -2.38. The van der Waals surface area contributed by atoms with Crippen molar-refractivity contribution >= 4 is 11.8 Å². The second kappa shape index (κ2) is 7.88. The third-order valence-corrected chi connectivity index (χ3v) is 5.29. The molecule has 1 aromatic rings. The van der Waals surface area contributed by atoms with Crippen molar-refractivity contribution in [2.45, 2.75) is 32.0 Å². The Hall–Kier alpha value is -2.09. The number of hydrogen-bond acceptors (Lipinski definition) is 3. The largest absolute Gasteiger partial charge is 0.471 e. The summed E-state index contributed by atoms with van der Waals surface area (Å²) < 4.78 is 43.4. The predicted molar refractivity (Wildman–Crippen MR) is 91.8 cm³/mol. The summed E-state index contributed by atoms with van der Waals surface area (Å²) in [6.45, 7) is 3.25. The summed E-state index contributed by atoms with van der Waals surface area (Å²) in [5, 5.41) is 0. The zero-order valence-electron chi connectivity index (χ0n) is 15.2. The van der Waals surface area contributed by atoms with Crippen molar-refractivity contribution in [2.24, 2.45) is 5.92 Å². The number of ether oxygens (including phenoxy) is 1. The lowest BCUT2D eigenvalue weighted by molar-refractivity contribution is -0.187. The Morgan fingerprint density at radius 2 is 1.74 bits per heavy atom. The minimum Gasteiger partial charge on any atom is -0.370 e. The number of morpholine rings is 1. The van der Waals surface area contributed by atoms with E-state index in [1.807, 2.05) is 31.2 Å². The van der Waals surface area contributed by atoms with Gasteiger partial charge in [0.15, 0.2) is 0 Å². The minimum atomic E-state index is -4.86. The summed E-state index contributed by atoms with van der Waals surface area (Å²) in [6, 6.07) is 7.85. The molecule has 3 rings (SSSR count). The topological polar surface area (TPSA) is 49.9 Å². The molecule has 2 amide bonds. The fourth-order valence-electron chi connectivity index (χ4n) is 3.75. The monoisotopic (exact) mass is 384 g/mol. The highest BCUT2D eigenvalue weighted by Crippen LogP contribution is 2.28. The Labute approximate surface area is 156 Å². The SMILES string of the molecule is Cc1ccccc1C1CN(C(=O)C2CCN(C(=O)C(F)(F)F)CC2)CCO1. The number of carbonyl (C=O) groups excluding carboxylic acids is 2. The first-order valence-corrected chi connectivity index (χ1v) is 9.09. The first-order chi connectivity index (χ1) is 12.8. The first kappa shape index (κ1) is 19.7. The van der Waals surface area contributed by atoms with E-state index in [-0.39, 0.29) is 43.9 Å². The van der Waals surface area contributed by atoms with Crippen LogP contribution in [0.2, 0.25) is 0 Å². The average Bonchev–Trinajstić information content (AvgIpc) is 2.67. The Bertz CT molecular complexity index is 700. The van der Waals surface area contributed by atoms with Gasteiger partial charge in [0, 0.05) is 25.6 Å². The van der Waals surface area contributed by atoms with E-state index in [0.717, 1.165) is 16.0 Å². The fraction of sp³-hybridized carbons (Fsp3) is 0.579. The predicted octanol–water partition coefficient (Wildman–Crippen LogP) is 2.70. The van der Waals surface area contributed by atoms with Gasteiger partial charge in [0.05, 0.1) is 13.2 Å². The minimum absolute atomic E-state index is 0.0414. The van der Waals surface area contributed by atoms with Crippen LogP contribution in [0.15, 0.2) is 24.3 Å². The summed E-state index contributed by atoms with van der Waals surface area (Å²) >= 11 is 0. The number of rotatable bonds is 2. The van der Waals surface area contributed by atoms with Gasteiger partial charge in [0.25, 0.3) is 0 Å². The molecule has 2 heterocycles. The summed E-state index contributed by atoms with van der Waals surface area (Å²) in [7, 11) is 0. The van der Waals surface area contributed by atoms with Gasteiger partial charge >= 0.3 is 12.1 Å². The van der Waals surface area contributed by atoms with Crippen LogP contribution in [0.25, 0.3) is 0 Å². The molecule has 27 heavy (non-hydrogen) atoms. The van der Waals surface area contributed by atoms with E-state index in [4.69, 9.17) is 4.74 Å². The molecule has 148 valence electrons. The molecule has 0 N–H and O–H groups in total. The van der Waals surface area contributed by atoms with E-state index in [1.165, 1.54) is 0 Å². The quantitative estimate of drug-likeness (QED) is 0.788. The Morgan fingerprint density at radius 3 is 2.37 bits per heavy atom. The molecule has 8 heteroatoms. The van der Waals surface area contributed by atoms with Gasteiger partial charge in [-0.25, -0.2) is 0 Å². The third kappa shape index (κ3) is 4.43. The highest BCUT2D eigenvalue weighted by atomic mass is 19.4. The van der Waals surface area contributed by atoms with Crippen LogP contribution in [0.3, 0.4) is 0 Å². The average molecular weight is 384 g/mol. The molecule has 0 bridgehead atoms. The number of halogens is 3. The van der Waals surface area contributed by atoms with Gasteiger partial charge in [-0.1, -0.05) is 24.3 Å². The van der Waals surface area contributed by atoms with Crippen molar-refractivity contribution in [1.29, 1.82) is 0 Å². The maximum atomic E-state index is 12.8. The lowest BCUT2D eigenvalue weighted by Crippen LogP contribution is -2.50. The highest BCUT2D eigenvalue weighted by molar-refractivity contribution is 5.83. The number of aryl methyl sites for hydroxylation is 1. The van der Waals surface area contributed by atoms with Crippen LogP contribution in [0.5, 0.6) is 0 Å². The van der Waals surface area contributed by atoms with Crippen molar-refractivity contribution < 1.29 is 27.5 Å². The number of nitrogens with zero attached hydrogens (tertiary/aromatic N) is 2. The summed E-state index contributed by atoms with van der Waals surface area (Å²) in [4.78, 5) is 26.7. The van der Waals surface area contributed by atoms with Crippen LogP contribution in [0, 0.1) is 12.8 Å².